The highest BCUT2D eigenvalue weighted by Gasteiger charge is 2.56. The first-order valence-corrected chi connectivity index (χ1v) is 15.0. The molecule has 9 heteroatoms. The van der Waals surface area contributed by atoms with E-state index in [1.807, 2.05) is 36.4 Å². The van der Waals surface area contributed by atoms with Crippen LogP contribution in [0.2, 0.25) is 0 Å². The van der Waals surface area contributed by atoms with Crippen molar-refractivity contribution < 1.29 is 27.8 Å². The Morgan fingerprint density at radius 1 is 0.913 bits per heavy atom. The summed E-state index contributed by atoms with van der Waals surface area (Å²) >= 11 is 0. The van der Waals surface area contributed by atoms with Crippen molar-refractivity contribution in [2.24, 2.45) is 5.41 Å². The van der Waals surface area contributed by atoms with Crippen LogP contribution in [-0.4, -0.2) is 11.8 Å². The van der Waals surface area contributed by atoms with Crippen LogP contribution in [0.3, 0.4) is 0 Å². The van der Waals surface area contributed by atoms with Gasteiger partial charge in [0.2, 0.25) is 11.8 Å². The normalized spacial score (nSPS) is 13.4. The fraction of sp³-hybridized carbons (Fsp3) is 0.189. The van der Waals surface area contributed by atoms with Crippen molar-refractivity contribution in [1.82, 2.24) is 0 Å². The van der Waals surface area contributed by atoms with E-state index in [-0.39, 0.29) is 17.2 Å². The third kappa shape index (κ3) is 7.43. The molecule has 0 bridgehead atoms. The molecule has 0 atom stereocenters. The van der Waals surface area contributed by atoms with E-state index in [9.17, 15) is 14.0 Å². The average Bonchev–Trinajstić information content (AvgIpc) is 3.86. The zero-order valence-corrected chi connectivity index (χ0v) is 25.4. The van der Waals surface area contributed by atoms with Crippen molar-refractivity contribution in [3.05, 3.63) is 132 Å². The Bertz CT molecular complexity index is 1770. The van der Waals surface area contributed by atoms with Gasteiger partial charge in [-0.25, -0.2) is 8.78 Å². The zero-order chi connectivity index (χ0) is 32.7. The molecule has 1 fully saturated rings. The van der Waals surface area contributed by atoms with E-state index in [2.05, 4.69) is 24.1 Å². The lowest BCUT2D eigenvalue weighted by atomic mass is 10.0. The fourth-order valence-electron chi connectivity index (χ4n) is 4.97. The number of amides is 2. The van der Waals surface area contributed by atoms with Crippen LogP contribution in [-0.2, 0) is 22.6 Å². The Balaban J connectivity index is 1.29. The van der Waals surface area contributed by atoms with Crippen LogP contribution in [0.4, 0.5) is 25.8 Å². The van der Waals surface area contributed by atoms with Gasteiger partial charge in [0.25, 0.3) is 0 Å². The molecule has 46 heavy (non-hydrogen) atoms. The molecular weight excluding hydrogens is 588 g/mol. The van der Waals surface area contributed by atoms with Crippen molar-refractivity contribution in [3.8, 4) is 11.5 Å². The van der Waals surface area contributed by atoms with Gasteiger partial charge in [-0.05, 0) is 78.9 Å². The molecule has 1 aliphatic carbocycles. The van der Waals surface area contributed by atoms with Gasteiger partial charge in [-0.3, -0.25) is 9.59 Å². The van der Waals surface area contributed by atoms with E-state index in [0.29, 0.717) is 42.1 Å². The molecule has 5 rings (SSSR count). The number of benzene rings is 4. The first kappa shape index (κ1) is 32.0. The molecule has 236 valence electrons. The lowest BCUT2D eigenvalue weighted by molar-refractivity contribution is -0.131. The molecule has 2 amide bonds. The number of nitrogens with two attached hydrogens (primary N) is 1. The first-order valence-electron chi connectivity index (χ1n) is 15.0. The summed E-state index contributed by atoms with van der Waals surface area (Å²) in [5, 5.41) is 5.29. The average molecular weight is 624 g/mol. The lowest BCUT2D eigenvalue weighted by Gasteiger charge is -2.18. The lowest BCUT2D eigenvalue weighted by Crippen LogP contribution is -2.35. The summed E-state index contributed by atoms with van der Waals surface area (Å²) in [5.41, 5.74) is 8.59. The van der Waals surface area contributed by atoms with Crippen LogP contribution in [0, 0.1) is 17.0 Å². The van der Waals surface area contributed by atoms with Gasteiger partial charge in [-0.1, -0.05) is 56.3 Å². The van der Waals surface area contributed by atoms with Gasteiger partial charge in [-0.2, -0.15) is 0 Å². The number of carbonyl (C=O) groups is 2. The molecule has 4 N–H and O–H groups in total. The SMILES string of the molecule is C=C/C=C(/Oc1ccc(NC(=O)C2(C(=O)Nc3ccc(F)cc3)CC2)cc1F)c1cc(CCC)c(OCc2ccccc2)cc1N. The van der Waals surface area contributed by atoms with Crippen molar-refractivity contribution in [2.45, 2.75) is 39.2 Å². The predicted octanol–water partition coefficient (Wildman–Crippen LogP) is 8.04. The summed E-state index contributed by atoms with van der Waals surface area (Å²) in [7, 11) is 0. The van der Waals surface area contributed by atoms with Crippen LogP contribution in [0.15, 0.2) is 104 Å². The predicted molar refractivity (Wildman–Crippen MR) is 176 cm³/mol. The van der Waals surface area contributed by atoms with Gasteiger partial charge in [0, 0.05) is 34.8 Å². The highest BCUT2D eigenvalue weighted by molar-refractivity contribution is 6.16. The Morgan fingerprint density at radius 2 is 1.59 bits per heavy atom. The molecule has 0 spiro atoms. The molecule has 4 aromatic carbocycles. The maximum Gasteiger partial charge on any atom is 0.240 e. The van der Waals surface area contributed by atoms with Crippen molar-refractivity contribution >= 4 is 34.6 Å². The Morgan fingerprint density at radius 3 is 2.22 bits per heavy atom. The molecular formula is C37H35F2N3O4. The highest BCUT2D eigenvalue weighted by Crippen LogP contribution is 2.47. The second kappa shape index (κ2) is 14.1. The number of rotatable bonds is 13. The van der Waals surface area contributed by atoms with Crippen LogP contribution in [0.1, 0.15) is 42.9 Å². The molecule has 0 saturated heterocycles. The summed E-state index contributed by atoms with van der Waals surface area (Å²) in [6.07, 6.45) is 5.38. The molecule has 4 aromatic rings. The molecule has 0 aliphatic heterocycles. The van der Waals surface area contributed by atoms with Gasteiger partial charge in [-0.15, -0.1) is 0 Å². The second-order valence-corrected chi connectivity index (χ2v) is 11.1. The van der Waals surface area contributed by atoms with E-state index >= 15 is 4.39 Å². The minimum absolute atomic E-state index is 0.0952. The second-order valence-electron chi connectivity index (χ2n) is 11.1. The minimum Gasteiger partial charge on any atom is -0.489 e. The van der Waals surface area contributed by atoms with E-state index < -0.39 is 28.9 Å². The minimum atomic E-state index is -1.29. The van der Waals surface area contributed by atoms with Gasteiger partial charge >= 0.3 is 0 Å². The van der Waals surface area contributed by atoms with Gasteiger partial charge in [0.1, 0.15) is 29.3 Å². The molecule has 0 aromatic heterocycles. The number of nitrogen functional groups attached to an aromatic ring is 1. The summed E-state index contributed by atoms with van der Waals surface area (Å²) < 4.78 is 40.7. The number of allylic oxidation sites excluding steroid dienone is 2. The van der Waals surface area contributed by atoms with Gasteiger partial charge < -0.3 is 25.8 Å². The summed E-state index contributed by atoms with van der Waals surface area (Å²) in [5.74, 6) is -1.39. The summed E-state index contributed by atoms with van der Waals surface area (Å²) in [4.78, 5) is 25.9. The monoisotopic (exact) mass is 623 g/mol. The van der Waals surface area contributed by atoms with E-state index in [1.165, 1.54) is 42.5 Å². The Hall–Kier alpha value is -5.44. The molecule has 1 aliphatic rings. The molecule has 1 saturated carbocycles. The van der Waals surface area contributed by atoms with Crippen molar-refractivity contribution in [3.63, 3.8) is 0 Å². The topological polar surface area (TPSA) is 103 Å². The first-order chi connectivity index (χ1) is 22.2. The zero-order valence-electron chi connectivity index (χ0n) is 25.4. The van der Waals surface area contributed by atoms with Crippen LogP contribution < -0.4 is 25.8 Å². The number of hydrogen-bond acceptors (Lipinski definition) is 5. The molecule has 7 nitrogen and oxygen atoms in total. The quantitative estimate of drug-likeness (QED) is 0.0606. The standard InChI is InChI=1S/C37H35F2N3O4/c1-3-8-25-20-29(31(40)22-34(25)45-23-24-10-6-5-7-11-24)32(9-4-2)46-33-17-16-28(21-30(33)39)42-36(44)37(18-19-37)35(43)41-27-14-12-26(38)13-15-27/h4-7,9-17,20-22H,2-3,8,18-19,23,40H2,1H3,(H,41,43)(H,42,44)/b32-9+. The maximum absolute atomic E-state index is 15.3. The highest BCUT2D eigenvalue weighted by atomic mass is 19.1. The van der Waals surface area contributed by atoms with E-state index in [0.717, 1.165) is 30.0 Å². The molecule has 0 heterocycles. The third-order valence-electron chi connectivity index (χ3n) is 7.65. The number of anilines is 3. The summed E-state index contributed by atoms with van der Waals surface area (Å²) in [6, 6.07) is 22.7. The van der Waals surface area contributed by atoms with Crippen LogP contribution >= 0.6 is 0 Å². The van der Waals surface area contributed by atoms with Crippen molar-refractivity contribution in [1.29, 1.82) is 0 Å². The number of ether oxygens (including phenoxy) is 2. The number of halogens is 2. The fourth-order valence-corrected chi connectivity index (χ4v) is 4.97. The van der Waals surface area contributed by atoms with Gasteiger partial charge in [0.05, 0.1) is 0 Å². The third-order valence-corrected chi connectivity index (χ3v) is 7.65. The number of hydrogen-bond donors (Lipinski definition) is 3. The summed E-state index contributed by atoms with van der Waals surface area (Å²) in [6.45, 7) is 6.21. The van der Waals surface area contributed by atoms with E-state index in [4.69, 9.17) is 15.2 Å². The van der Waals surface area contributed by atoms with Crippen molar-refractivity contribution in [2.75, 3.05) is 16.4 Å². The van der Waals surface area contributed by atoms with Crippen LogP contribution in [0.5, 0.6) is 11.5 Å². The Kier molecular flexibility index (Phi) is 9.81. The number of nitrogens with one attached hydrogen (secondary N) is 2. The molecule has 0 radical (unpaired) electrons. The number of carbonyl (C=O) groups excluding carboxylic acids is 2. The Labute approximate surface area is 266 Å². The maximum atomic E-state index is 15.3. The van der Waals surface area contributed by atoms with Gasteiger partial charge in [0.15, 0.2) is 11.6 Å². The largest absolute Gasteiger partial charge is 0.489 e. The molecule has 0 unspecified atom stereocenters. The smallest absolute Gasteiger partial charge is 0.240 e. The van der Waals surface area contributed by atoms with Crippen LogP contribution in [0.25, 0.3) is 5.76 Å². The van der Waals surface area contributed by atoms with E-state index in [1.54, 1.807) is 12.1 Å². The number of aryl methyl sites for hydroxylation is 1.